The molecular weight excluding hydrogens is 433 g/mol. The third-order valence-electron chi connectivity index (χ3n) is 5.20. The summed E-state index contributed by atoms with van der Waals surface area (Å²) >= 11 is 0. The Morgan fingerprint density at radius 1 is 1.22 bits per heavy atom. The van der Waals surface area contributed by atoms with Gasteiger partial charge in [0.15, 0.2) is 5.76 Å². The van der Waals surface area contributed by atoms with Gasteiger partial charge in [0.05, 0.1) is 25.4 Å². The van der Waals surface area contributed by atoms with E-state index in [0.29, 0.717) is 25.5 Å². The van der Waals surface area contributed by atoms with Crippen LogP contribution >= 0.6 is 0 Å². The molecule has 3 atom stereocenters. The fourth-order valence-corrected chi connectivity index (χ4v) is 3.72. The molecule has 2 aromatic rings. The second-order valence-electron chi connectivity index (χ2n) is 7.40. The van der Waals surface area contributed by atoms with E-state index in [2.05, 4.69) is 4.98 Å². The Hall–Kier alpha value is -2.92. The topological polar surface area (TPSA) is 102 Å². The van der Waals surface area contributed by atoms with Gasteiger partial charge < -0.3 is 23.9 Å². The van der Waals surface area contributed by atoms with Crippen molar-refractivity contribution in [2.75, 3.05) is 13.2 Å². The quantitative estimate of drug-likeness (QED) is 0.754. The Morgan fingerprint density at radius 3 is 2.50 bits per heavy atom. The summed E-state index contributed by atoms with van der Waals surface area (Å²) < 4.78 is 49.4. The molecule has 1 amide bonds. The minimum atomic E-state index is -5.08. The van der Waals surface area contributed by atoms with Crippen LogP contribution < -0.4 is 0 Å². The number of aryl methyl sites for hydroxylation is 1. The van der Waals surface area contributed by atoms with Crippen LogP contribution in [0.2, 0.25) is 0 Å². The molecule has 1 saturated heterocycles. The fraction of sp³-hybridized carbons (Fsp3) is 0.476. The lowest BCUT2D eigenvalue weighted by atomic mass is 10.1. The minimum Gasteiger partial charge on any atom is -0.475 e. The molecule has 1 N–H and O–H groups in total. The number of aromatic nitrogens is 1. The van der Waals surface area contributed by atoms with E-state index in [-0.39, 0.29) is 24.2 Å². The molecule has 1 saturated carbocycles. The molecule has 2 bridgehead atoms. The van der Waals surface area contributed by atoms with Crippen LogP contribution in [-0.4, -0.2) is 64.4 Å². The van der Waals surface area contributed by atoms with Crippen LogP contribution in [0.4, 0.5) is 13.2 Å². The zero-order valence-corrected chi connectivity index (χ0v) is 17.2. The maximum absolute atomic E-state index is 12.9. The number of carbonyl (C=O) groups is 2. The number of hydrogen-bond donors (Lipinski definition) is 1. The van der Waals surface area contributed by atoms with Gasteiger partial charge in [0.25, 0.3) is 5.91 Å². The lowest BCUT2D eigenvalue weighted by Gasteiger charge is -2.30. The van der Waals surface area contributed by atoms with Gasteiger partial charge in [-0.25, -0.2) is 4.79 Å². The molecule has 3 unspecified atom stereocenters. The van der Waals surface area contributed by atoms with Gasteiger partial charge in [-0.15, -0.1) is 0 Å². The lowest BCUT2D eigenvalue weighted by Crippen LogP contribution is -2.46. The molecule has 1 aliphatic heterocycles. The normalized spacial score (nSPS) is 22.6. The number of fused-ring (bicyclic) bond motifs is 2. The summed E-state index contributed by atoms with van der Waals surface area (Å²) in [6.45, 7) is 3.43. The molecule has 4 rings (SSSR count). The van der Waals surface area contributed by atoms with Gasteiger partial charge in [0, 0.05) is 18.9 Å². The van der Waals surface area contributed by atoms with Crippen LogP contribution in [0.1, 0.15) is 34.7 Å². The van der Waals surface area contributed by atoms with Crippen molar-refractivity contribution in [2.24, 2.45) is 0 Å². The third kappa shape index (κ3) is 5.86. The number of carbonyl (C=O) groups excluding carboxylic acids is 1. The molecule has 11 heteroatoms. The molecule has 32 heavy (non-hydrogen) atoms. The maximum atomic E-state index is 12.9. The zero-order chi connectivity index (χ0) is 23.3. The molecular formula is C21H23F3N2O6. The van der Waals surface area contributed by atoms with E-state index in [1.807, 2.05) is 30.0 Å². The predicted octanol–water partition coefficient (Wildman–Crippen LogP) is 3.21. The summed E-state index contributed by atoms with van der Waals surface area (Å²) in [4.78, 5) is 27.7. The highest BCUT2D eigenvalue weighted by molar-refractivity contribution is 5.92. The Labute approximate surface area is 181 Å². The first kappa shape index (κ1) is 23.7. The van der Waals surface area contributed by atoms with Gasteiger partial charge >= 0.3 is 12.1 Å². The van der Waals surface area contributed by atoms with Gasteiger partial charge in [0.2, 0.25) is 0 Å². The third-order valence-corrected chi connectivity index (χ3v) is 5.20. The Morgan fingerprint density at radius 2 is 1.91 bits per heavy atom. The van der Waals surface area contributed by atoms with E-state index in [1.54, 1.807) is 18.5 Å². The average molecular weight is 456 g/mol. The van der Waals surface area contributed by atoms with E-state index in [0.717, 1.165) is 24.2 Å². The summed E-state index contributed by atoms with van der Waals surface area (Å²) in [5, 5.41) is 7.12. The first-order chi connectivity index (χ1) is 15.2. The highest BCUT2D eigenvalue weighted by Crippen LogP contribution is 2.33. The van der Waals surface area contributed by atoms with Gasteiger partial charge in [0.1, 0.15) is 11.9 Å². The number of ether oxygens (including phenoxy) is 2. The van der Waals surface area contributed by atoms with Crippen molar-refractivity contribution in [3.63, 3.8) is 0 Å². The second-order valence-corrected chi connectivity index (χ2v) is 7.40. The number of halogens is 3. The van der Waals surface area contributed by atoms with E-state index in [1.165, 1.54) is 0 Å². The van der Waals surface area contributed by atoms with Gasteiger partial charge in [-0.1, -0.05) is 0 Å². The van der Waals surface area contributed by atoms with Gasteiger partial charge in [-0.2, -0.15) is 13.2 Å². The number of rotatable bonds is 4. The molecule has 2 fully saturated rings. The van der Waals surface area contributed by atoms with Crippen LogP contribution in [0.5, 0.6) is 0 Å². The van der Waals surface area contributed by atoms with E-state index < -0.39 is 12.1 Å². The molecule has 0 aromatic carbocycles. The molecule has 3 heterocycles. The SMILES string of the molecule is Cc1ccc(C(=O)N2CCOC3CCC2C3OCc2ccncc2)o1.O=C(O)C(F)(F)F. The number of aliphatic carboxylic acids is 1. The fourth-order valence-electron chi connectivity index (χ4n) is 3.72. The summed E-state index contributed by atoms with van der Waals surface area (Å²) in [7, 11) is 0. The van der Waals surface area contributed by atoms with Crippen molar-refractivity contribution >= 4 is 11.9 Å². The number of nitrogens with zero attached hydrogens (tertiary/aromatic N) is 2. The standard InChI is InChI=1S/C19H22N2O4.C2HF3O2/c1-13-2-4-17(25-13)19(22)21-10-11-23-16-5-3-15(21)18(16)24-12-14-6-8-20-9-7-14;3-2(4,5)1(6)7/h2,4,6-9,15-16,18H,3,5,10-12H2,1H3;(H,6,7). The van der Waals surface area contributed by atoms with Crippen LogP contribution in [0, 0.1) is 6.92 Å². The second kappa shape index (κ2) is 10.1. The van der Waals surface area contributed by atoms with Crippen LogP contribution in [0.15, 0.2) is 41.1 Å². The van der Waals surface area contributed by atoms with Gasteiger partial charge in [-0.05, 0) is 49.6 Å². The average Bonchev–Trinajstić information content (AvgIpc) is 3.29. The monoisotopic (exact) mass is 456 g/mol. The summed E-state index contributed by atoms with van der Waals surface area (Å²) in [5.41, 5.74) is 1.07. The Balaban J connectivity index is 0.000000360. The van der Waals surface area contributed by atoms with Crippen molar-refractivity contribution < 1.29 is 41.8 Å². The molecule has 0 spiro atoms. The van der Waals surface area contributed by atoms with Crippen LogP contribution in [0.3, 0.4) is 0 Å². The number of alkyl halides is 3. The Bertz CT molecular complexity index is 918. The predicted molar refractivity (Wildman–Crippen MR) is 104 cm³/mol. The first-order valence-corrected chi connectivity index (χ1v) is 9.96. The van der Waals surface area contributed by atoms with Crippen molar-refractivity contribution in [1.82, 2.24) is 9.88 Å². The van der Waals surface area contributed by atoms with Crippen molar-refractivity contribution in [2.45, 2.75) is 50.8 Å². The first-order valence-electron chi connectivity index (χ1n) is 9.96. The zero-order valence-electron chi connectivity index (χ0n) is 17.2. The lowest BCUT2D eigenvalue weighted by molar-refractivity contribution is -0.192. The minimum absolute atomic E-state index is 0.0206. The molecule has 8 nitrogen and oxygen atoms in total. The molecule has 1 aliphatic carbocycles. The number of carboxylic acids is 1. The number of pyridine rings is 1. The van der Waals surface area contributed by atoms with E-state index in [4.69, 9.17) is 23.8 Å². The highest BCUT2D eigenvalue weighted by atomic mass is 19.4. The number of amides is 1. The van der Waals surface area contributed by atoms with E-state index >= 15 is 0 Å². The van der Waals surface area contributed by atoms with Crippen LogP contribution in [-0.2, 0) is 20.9 Å². The smallest absolute Gasteiger partial charge is 0.475 e. The molecule has 174 valence electrons. The van der Waals surface area contributed by atoms with Crippen molar-refractivity contribution in [3.8, 4) is 0 Å². The summed E-state index contributed by atoms with van der Waals surface area (Å²) in [5.74, 6) is -1.71. The maximum Gasteiger partial charge on any atom is 0.490 e. The summed E-state index contributed by atoms with van der Waals surface area (Å²) in [6.07, 6.45) is 0.153. The van der Waals surface area contributed by atoms with Crippen LogP contribution in [0.25, 0.3) is 0 Å². The molecule has 2 aromatic heterocycles. The van der Waals surface area contributed by atoms with Gasteiger partial charge in [-0.3, -0.25) is 9.78 Å². The molecule has 0 radical (unpaired) electrons. The highest BCUT2D eigenvalue weighted by Gasteiger charge is 2.45. The molecule has 2 aliphatic rings. The van der Waals surface area contributed by atoms with Crippen molar-refractivity contribution in [1.29, 1.82) is 0 Å². The largest absolute Gasteiger partial charge is 0.490 e. The van der Waals surface area contributed by atoms with E-state index in [9.17, 15) is 18.0 Å². The number of hydrogen-bond acceptors (Lipinski definition) is 6. The summed E-state index contributed by atoms with van der Waals surface area (Å²) in [6, 6.07) is 7.45. The van der Waals surface area contributed by atoms with Crippen molar-refractivity contribution in [3.05, 3.63) is 53.7 Å². The number of carboxylic acid groups (broad SMARTS) is 1. The number of furan rings is 1. The Kier molecular flexibility index (Phi) is 7.52.